The molecule has 0 bridgehead atoms. The SMILES string of the molecule is Cc1ccccc1[C@H]1CN(Cc2ccc([N+](=O)[O-])cc2)C[C@@H]1CN(C(=O)c1ccc(F)cc1)C1CCCCC1. The van der Waals surface area contributed by atoms with Crippen molar-refractivity contribution in [3.05, 3.63) is 111 Å². The number of rotatable bonds is 8. The van der Waals surface area contributed by atoms with Crippen molar-refractivity contribution >= 4 is 11.6 Å². The third-order valence-electron chi connectivity index (χ3n) is 8.46. The summed E-state index contributed by atoms with van der Waals surface area (Å²) in [5.41, 5.74) is 4.23. The molecule has 1 amide bonds. The summed E-state index contributed by atoms with van der Waals surface area (Å²) in [5, 5.41) is 11.1. The summed E-state index contributed by atoms with van der Waals surface area (Å²) in [6.45, 7) is 5.18. The van der Waals surface area contributed by atoms with Crippen molar-refractivity contribution in [2.45, 2.75) is 57.5 Å². The average molecular weight is 530 g/mol. The van der Waals surface area contributed by atoms with E-state index in [1.54, 1.807) is 24.3 Å². The zero-order chi connectivity index (χ0) is 27.4. The van der Waals surface area contributed by atoms with Gasteiger partial charge in [0.1, 0.15) is 5.82 Å². The Hall–Kier alpha value is -3.58. The molecule has 0 unspecified atom stereocenters. The zero-order valence-corrected chi connectivity index (χ0v) is 22.5. The monoisotopic (exact) mass is 529 g/mol. The average Bonchev–Trinajstić information content (AvgIpc) is 3.34. The van der Waals surface area contributed by atoms with Crippen molar-refractivity contribution < 1.29 is 14.1 Å². The van der Waals surface area contributed by atoms with Crippen LogP contribution in [0.25, 0.3) is 0 Å². The molecule has 3 aromatic carbocycles. The smallest absolute Gasteiger partial charge is 0.269 e. The third kappa shape index (κ3) is 6.36. The van der Waals surface area contributed by atoms with Gasteiger partial charge in [0.2, 0.25) is 0 Å². The number of nitro benzene ring substituents is 1. The highest BCUT2D eigenvalue weighted by Crippen LogP contribution is 2.37. The predicted octanol–water partition coefficient (Wildman–Crippen LogP) is 6.73. The lowest BCUT2D eigenvalue weighted by Gasteiger charge is -2.37. The van der Waals surface area contributed by atoms with Crippen LogP contribution in [0.5, 0.6) is 0 Å². The number of nitro groups is 1. The molecule has 7 heteroatoms. The number of carbonyl (C=O) groups excluding carboxylic acids is 1. The number of likely N-dealkylation sites (tertiary alicyclic amines) is 1. The number of carbonyl (C=O) groups is 1. The van der Waals surface area contributed by atoms with Crippen molar-refractivity contribution in [3.63, 3.8) is 0 Å². The summed E-state index contributed by atoms with van der Waals surface area (Å²) in [5.74, 6) is 0.138. The van der Waals surface area contributed by atoms with E-state index in [1.807, 2.05) is 12.1 Å². The number of non-ortho nitro benzene ring substituents is 1. The molecule has 5 rings (SSSR count). The van der Waals surface area contributed by atoms with Crippen LogP contribution < -0.4 is 0 Å². The molecule has 2 atom stereocenters. The first-order valence-electron chi connectivity index (χ1n) is 14.0. The third-order valence-corrected chi connectivity index (χ3v) is 8.46. The van der Waals surface area contributed by atoms with Crippen molar-refractivity contribution in [3.8, 4) is 0 Å². The Morgan fingerprint density at radius 1 is 0.974 bits per heavy atom. The van der Waals surface area contributed by atoms with Gasteiger partial charge in [-0.25, -0.2) is 4.39 Å². The molecule has 39 heavy (non-hydrogen) atoms. The molecule has 1 saturated heterocycles. The van der Waals surface area contributed by atoms with Gasteiger partial charge in [0.15, 0.2) is 0 Å². The van der Waals surface area contributed by atoms with Crippen molar-refractivity contribution in [1.82, 2.24) is 9.80 Å². The van der Waals surface area contributed by atoms with Crippen LogP contribution in [-0.4, -0.2) is 46.3 Å². The maximum absolute atomic E-state index is 13.8. The first-order valence-corrected chi connectivity index (χ1v) is 14.0. The molecule has 6 nitrogen and oxygen atoms in total. The maximum Gasteiger partial charge on any atom is 0.269 e. The van der Waals surface area contributed by atoms with Crippen LogP contribution in [0, 0.1) is 28.8 Å². The van der Waals surface area contributed by atoms with Crippen LogP contribution in [-0.2, 0) is 6.54 Å². The van der Waals surface area contributed by atoms with Crippen LogP contribution >= 0.6 is 0 Å². The van der Waals surface area contributed by atoms with Crippen LogP contribution in [0.4, 0.5) is 10.1 Å². The number of halogens is 1. The van der Waals surface area contributed by atoms with Gasteiger partial charge in [0, 0.05) is 55.8 Å². The molecular weight excluding hydrogens is 493 g/mol. The van der Waals surface area contributed by atoms with E-state index in [0.717, 1.165) is 44.3 Å². The molecule has 3 aromatic rings. The van der Waals surface area contributed by atoms with E-state index in [1.165, 1.54) is 29.7 Å². The second-order valence-corrected chi connectivity index (χ2v) is 11.1. The molecule has 0 spiro atoms. The van der Waals surface area contributed by atoms with Gasteiger partial charge < -0.3 is 4.90 Å². The first-order chi connectivity index (χ1) is 18.9. The molecule has 0 N–H and O–H groups in total. The Morgan fingerprint density at radius 2 is 1.67 bits per heavy atom. The Balaban J connectivity index is 1.41. The highest BCUT2D eigenvalue weighted by molar-refractivity contribution is 5.94. The van der Waals surface area contributed by atoms with E-state index in [4.69, 9.17) is 0 Å². The number of hydrogen-bond donors (Lipinski definition) is 0. The minimum Gasteiger partial charge on any atom is -0.335 e. The van der Waals surface area contributed by atoms with E-state index in [0.29, 0.717) is 18.7 Å². The topological polar surface area (TPSA) is 66.7 Å². The second-order valence-electron chi connectivity index (χ2n) is 11.1. The van der Waals surface area contributed by atoms with Gasteiger partial charge in [-0.2, -0.15) is 0 Å². The minimum atomic E-state index is -0.373. The summed E-state index contributed by atoms with van der Waals surface area (Å²) in [4.78, 5) is 29.0. The van der Waals surface area contributed by atoms with E-state index in [2.05, 4.69) is 41.0 Å². The van der Waals surface area contributed by atoms with E-state index >= 15 is 0 Å². The normalized spacial score (nSPS) is 20.2. The van der Waals surface area contributed by atoms with E-state index < -0.39 is 0 Å². The Kier molecular flexibility index (Phi) is 8.36. The van der Waals surface area contributed by atoms with Gasteiger partial charge in [-0.05, 0) is 66.6 Å². The van der Waals surface area contributed by atoms with Crippen molar-refractivity contribution in [2.75, 3.05) is 19.6 Å². The lowest BCUT2D eigenvalue weighted by Crippen LogP contribution is -2.45. The summed E-state index contributed by atoms with van der Waals surface area (Å²) >= 11 is 0. The van der Waals surface area contributed by atoms with Gasteiger partial charge in [-0.15, -0.1) is 0 Å². The number of hydrogen-bond acceptors (Lipinski definition) is 4. The predicted molar refractivity (Wildman–Crippen MR) is 150 cm³/mol. The molecule has 2 aliphatic rings. The van der Waals surface area contributed by atoms with Gasteiger partial charge >= 0.3 is 0 Å². The largest absolute Gasteiger partial charge is 0.335 e. The molecule has 204 valence electrons. The summed E-state index contributed by atoms with van der Waals surface area (Å²) in [6.07, 6.45) is 5.45. The Morgan fingerprint density at radius 3 is 2.33 bits per heavy atom. The Bertz CT molecular complexity index is 1290. The van der Waals surface area contributed by atoms with Crippen LogP contribution in [0.2, 0.25) is 0 Å². The standard InChI is InChI=1S/C32H36FN3O3/c1-23-7-5-6-10-30(23)31-22-34(19-24-11-17-29(18-12-24)36(38)39)20-26(31)21-35(28-8-3-2-4-9-28)32(37)25-13-15-27(33)16-14-25/h5-7,10-18,26,28,31H,2-4,8-9,19-22H2,1H3/t26-,31+/m1/s1. The molecule has 1 aliphatic heterocycles. The van der Waals surface area contributed by atoms with Crippen LogP contribution in [0.15, 0.2) is 72.8 Å². The zero-order valence-electron chi connectivity index (χ0n) is 22.5. The lowest BCUT2D eigenvalue weighted by atomic mass is 9.85. The Labute approximate surface area is 229 Å². The molecule has 1 heterocycles. The summed E-state index contributed by atoms with van der Waals surface area (Å²) in [7, 11) is 0. The van der Waals surface area contributed by atoms with Gasteiger partial charge in [0.05, 0.1) is 4.92 Å². The molecule has 1 aliphatic carbocycles. The number of benzene rings is 3. The molecular formula is C32H36FN3O3. The highest BCUT2D eigenvalue weighted by atomic mass is 19.1. The van der Waals surface area contributed by atoms with Crippen molar-refractivity contribution in [1.29, 1.82) is 0 Å². The quantitative estimate of drug-likeness (QED) is 0.240. The molecule has 1 saturated carbocycles. The molecule has 0 aromatic heterocycles. The van der Waals surface area contributed by atoms with E-state index in [9.17, 15) is 19.3 Å². The van der Waals surface area contributed by atoms with Crippen molar-refractivity contribution in [2.24, 2.45) is 5.92 Å². The molecule has 0 radical (unpaired) electrons. The number of amides is 1. The maximum atomic E-state index is 13.8. The summed E-state index contributed by atoms with van der Waals surface area (Å²) in [6, 6.07) is 21.4. The fraction of sp³-hybridized carbons (Fsp3) is 0.406. The second kappa shape index (κ2) is 12.1. The lowest BCUT2D eigenvalue weighted by molar-refractivity contribution is -0.384. The number of nitrogens with zero attached hydrogens (tertiary/aromatic N) is 3. The highest BCUT2D eigenvalue weighted by Gasteiger charge is 2.38. The van der Waals surface area contributed by atoms with Gasteiger partial charge in [-0.1, -0.05) is 55.7 Å². The number of aryl methyl sites for hydroxylation is 1. The fourth-order valence-corrected chi connectivity index (χ4v) is 6.41. The molecule has 2 fully saturated rings. The van der Waals surface area contributed by atoms with Crippen LogP contribution in [0.3, 0.4) is 0 Å². The fourth-order valence-electron chi connectivity index (χ4n) is 6.41. The first kappa shape index (κ1) is 27.0. The van der Waals surface area contributed by atoms with Gasteiger partial charge in [-0.3, -0.25) is 19.8 Å². The van der Waals surface area contributed by atoms with Crippen LogP contribution in [0.1, 0.15) is 65.1 Å². The minimum absolute atomic E-state index is 0.0146. The van der Waals surface area contributed by atoms with Gasteiger partial charge in [0.25, 0.3) is 11.6 Å². The van der Waals surface area contributed by atoms with E-state index in [-0.39, 0.29) is 40.2 Å². The summed E-state index contributed by atoms with van der Waals surface area (Å²) < 4.78 is 13.6.